The highest BCUT2D eigenvalue weighted by molar-refractivity contribution is 9.10. The molecule has 0 saturated carbocycles. The van der Waals surface area contributed by atoms with Crippen LogP contribution < -0.4 is 5.32 Å². The van der Waals surface area contributed by atoms with Crippen LogP contribution in [0.3, 0.4) is 0 Å². The maximum absolute atomic E-state index is 9.02. The monoisotopic (exact) mass is 290 g/mol. The van der Waals surface area contributed by atoms with Gasteiger partial charge in [-0.15, -0.1) is 0 Å². The number of nitriles is 1. The second-order valence-electron chi connectivity index (χ2n) is 3.68. The Kier molecular flexibility index (Phi) is 3.45. The molecule has 0 unspecified atom stereocenters. The smallest absolute Gasteiger partial charge is 0.101 e. The molecule has 4 nitrogen and oxygen atoms in total. The van der Waals surface area contributed by atoms with E-state index in [2.05, 4.69) is 32.4 Å². The minimum atomic E-state index is 0.628. The Hall–Kier alpha value is -1.80. The van der Waals surface area contributed by atoms with Crippen molar-refractivity contribution in [2.75, 3.05) is 5.32 Å². The third-order valence-corrected chi connectivity index (χ3v) is 2.84. The zero-order valence-electron chi connectivity index (χ0n) is 9.31. The van der Waals surface area contributed by atoms with Gasteiger partial charge in [0, 0.05) is 29.8 Å². The highest BCUT2D eigenvalue weighted by Gasteiger charge is 2.03. The number of halogens is 1. The molecule has 0 saturated heterocycles. The fraction of sp³-hybridized carbons (Fsp3) is 0.167. The van der Waals surface area contributed by atoms with Crippen LogP contribution >= 0.6 is 15.9 Å². The van der Waals surface area contributed by atoms with E-state index in [4.69, 9.17) is 5.26 Å². The van der Waals surface area contributed by atoms with E-state index in [-0.39, 0.29) is 0 Å². The third-order valence-electron chi connectivity index (χ3n) is 2.34. The normalized spacial score (nSPS) is 9.94. The third kappa shape index (κ3) is 2.86. The van der Waals surface area contributed by atoms with Gasteiger partial charge in [-0.3, -0.25) is 4.68 Å². The Bertz CT molecular complexity index is 568. The van der Waals surface area contributed by atoms with Crippen LogP contribution in [-0.2, 0) is 13.6 Å². The van der Waals surface area contributed by atoms with Crippen molar-refractivity contribution in [2.45, 2.75) is 6.54 Å². The summed E-state index contributed by atoms with van der Waals surface area (Å²) in [5.74, 6) is 0. The van der Waals surface area contributed by atoms with E-state index in [9.17, 15) is 0 Å². The van der Waals surface area contributed by atoms with Crippen LogP contribution in [0.5, 0.6) is 0 Å². The molecular weight excluding hydrogens is 280 g/mol. The van der Waals surface area contributed by atoms with Crippen LogP contribution in [0.15, 0.2) is 35.1 Å². The van der Waals surface area contributed by atoms with Crippen molar-refractivity contribution < 1.29 is 0 Å². The van der Waals surface area contributed by atoms with Crippen LogP contribution in [0.25, 0.3) is 0 Å². The fourth-order valence-electron chi connectivity index (χ4n) is 1.52. The van der Waals surface area contributed by atoms with Gasteiger partial charge in [-0.2, -0.15) is 10.4 Å². The zero-order valence-corrected chi connectivity index (χ0v) is 10.9. The first-order chi connectivity index (χ1) is 8.19. The maximum Gasteiger partial charge on any atom is 0.101 e. The summed E-state index contributed by atoms with van der Waals surface area (Å²) in [4.78, 5) is 0. The average Bonchev–Trinajstić information content (AvgIpc) is 2.73. The lowest BCUT2D eigenvalue weighted by Gasteiger charge is -2.06. The zero-order chi connectivity index (χ0) is 12.3. The van der Waals surface area contributed by atoms with E-state index < -0.39 is 0 Å². The maximum atomic E-state index is 9.02. The van der Waals surface area contributed by atoms with E-state index >= 15 is 0 Å². The molecule has 0 aliphatic carbocycles. The van der Waals surface area contributed by atoms with Crippen molar-refractivity contribution >= 4 is 21.6 Å². The molecule has 0 aliphatic heterocycles. The molecule has 0 radical (unpaired) electrons. The molecule has 86 valence electrons. The minimum absolute atomic E-state index is 0.628. The molecule has 1 aromatic carbocycles. The number of benzene rings is 1. The summed E-state index contributed by atoms with van der Waals surface area (Å²) in [6.07, 6.45) is 3.75. The Balaban J connectivity index is 2.12. The largest absolute Gasteiger partial charge is 0.380 e. The molecule has 1 N–H and O–H groups in total. The van der Waals surface area contributed by atoms with Gasteiger partial charge in [-0.25, -0.2) is 0 Å². The molecule has 0 bridgehead atoms. The van der Waals surface area contributed by atoms with Crippen molar-refractivity contribution in [3.05, 3.63) is 46.2 Å². The number of nitrogens with zero attached hydrogens (tertiary/aromatic N) is 3. The lowest BCUT2D eigenvalue weighted by atomic mass is 10.2. The van der Waals surface area contributed by atoms with E-state index in [1.807, 2.05) is 25.4 Å². The molecular formula is C12H11BrN4. The van der Waals surface area contributed by atoms with E-state index in [0.717, 1.165) is 15.7 Å². The second kappa shape index (κ2) is 5.02. The van der Waals surface area contributed by atoms with Gasteiger partial charge in [0.25, 0.3) is 0 Å². The van der Waals surface area contributed by atoms with E-state index in [0.29, 0.717) is 12.1 Å². The Morgan fingerprint density at radius 3 is 3.00 bits per heavy atom. The first kappa shape index (κ1) is 11.7. The van der Waals surface area contributed by atoms with Crippen LogP contribution in [-0.4, -0.2) is 9.78 Å². The average molecular weight is 291 g/mol. The first-order valence-corrected chi connectivity index (χ1v) is 5.89. The van der Waals surface area contributed by atoms with Gasteiger partial charge in [0.05, 0.1) is 17.4 Å². The van der Waals surface area contributed by atoms with E-state index in [1.165, 1.54) is 0 Å². The molecule has 0 amide bonds. The van der Waals surface area contributed by atoms with Crippen LogP contribution in [0, 0.1) is 11.3 Å². The molecule has 2 rings (SSSR count). The SMILES string of the molecule is Cn1cc(CNc2ccc(Br)cc2C#N)cn1. The van der Waals surface area contributed by atoms with Crippen molar-refractivity contribution in [2.24, 2.45) is 7.05 Å². The second-order valence-corrected chi connectivity index (χ2v) is 4.59. The molecule has 1 heterocycles. The number of anilines is 1. The number of aryl methyl sites for hydroxylation is 1. The Morgan fingerprint density at radius 2 is 2.35 bits per heavy atom. The van der Waals surface area contributed by atoms with Crippen molar-refractivity contribution in [3.63, 3.8) is 0 Å². The highest BCUT2D eigenvalue weighted by atomic mass is 79.9. The number of hydrogen-bond donors (Lipinski definition) is 1. The van der Waals surface area contributed by atoms with Gasteiger partial charge in [0.1, 0.15) is 6.07 Å². The molecule has 2 aromatic rings. The first-order valence-electron chi connectivity index (χ1n) is 5.10. The Morgan fingerprint density at radius 1 is 1.53 bits per heavy atom. The summed E-state index contributed by atoms with van der Waals surface area (Å²) >= 11 is 3.34. The Labute approximate surface area is 108 Å². The van der Waals surface area contributed by atoms with Gasteiger partial charge in [-0.1, -0.05) is 15.9 Å². The van der Waals surface area contributed by atoms with E-state index in [1.54, 1.807) is 16.9 Å². The molecule has 0 aliphatic rings. The summed E-state index contributed by atoms with van der Waals surface area (Å²) in [6.45, 7) is 0.657. The predicted molar refractivity (Wildman–Crippen MR) is 69.4 cm³/mol. The molecule has 5 heteroatoms. The standard InChI is InChI=1S/C12H11BrN4/c1-17-8-9(7-16-17)6-15-12-3-2-11(13)4-10(12)5-14/h2-4,7-8,15H,6H2,1H3. The van der Waals surface area contributed by atoms with Gasteiger partial charge >= 0.3 is 0 Å². The lowest BCUT2D eigenvalue weighted by Crippen LogP contribution is -2.00. The molecule has 0 spiro atoms. The number of nitrogens with one attached hydrogen (secondary N) is 1. The van der Waals surface area contributed by atoms with Crippen LogP contribution in [0.2, 0.25) is 0 Å². The van der Waals surface area contributed by atoms with Crippen molar-refractivity contribution in [1.29, 1.82) is 5.26 Å². The molecule has 1 aromatic heterocycles. The summed E-state index contributed by atoms with van der Waals surface area (Å²) in [7, 11) is 1.88. The predicted octanol–water partition coefficient (Wildman–Crippen LogP) is 2.67. The number of aromatic nitrogens is 2. The summed E-state index contributed by atoms with van der Waals surface area (Å²) in [5, 5.41) is 16.3. The number of hydrogen-bond acceptors (Lipinski definition) is 3. The summed E-state index contributed by atoms with van der Waals surface area (Å²) < 4.78 is 2.66. The number of rotatable bonds is 3. The van der Waals surface area contributed by atoms with Crippen molar-refractivity contribution in [3.8, 4) is 6.07 Å². The van der Waals surface area contributed by atoms with Gasteiger partial charge in [-0.05, 0) is 18.2 Å². The summed E-state index contributed by atoms with van der Waals surface area (Å²) in [5.41, 5.74) is 2.54. The molecule has 0 fully saturated rings. The van der Waals surface area contributed by atoms with Crippen LogP contribution in [0.1, 0.15) is 11.1 Å². The lowest BCUT2D eigenvalue weighted by molar-refractivity contribution is 0.767. The quantitative estimate of drug-likeness (QED) is 0.946. The topological polar surface area (TPSA) is 53.6 Å². The van der Waals surface area contributed by atoms with Crippen molar-refractivity contribution in [1.82, 2.24) is 9.78 Å². The highest BCUT2D eigenvalue weighted by Crippen LogP contribution is 2.20. The van der Waals surface area contributed by atoms with Gasteiger partial charge in [0.2, 0.25) is 0 Å². The van der Waals surface area contributed by atoms with Gasteiger partial charge < -0.3 is 5.32 Å². The fourth-order valence-corrected chi connectivity index (χ4v) is 1.88. The molecule has 0 atom stereocenters. The molecule has 17 heavy (non-hydrogen) atoms. The van der Waals surface area contributed by atoms with Crippen LogP contribution in [0.4, 0.5) is 5.69 Å². The minimum Gasteiger partial charge on any atom is -0.380 e. The summed E-state index contributed by atoms with van der Waals surface area (Å²) in [6, 6.07) is 7.76. The van der Waals surface area contributed by atoms with Gasteiger partial charge in [0.15, 0.2) is 0 Å².